The van der Waals surface area contributed by atoms with E-state index in [1.807, 2.05) is 12.1 Å². The molecule has 0 fully saturated rings. The highest BCUT2D eigenvalue weighted by Crippen LogP contribution is 2.19. The number of H-pyrrole nitrogens is 1. The number of hydrogen-bond acceptors (Lipinski definition) is 3. The second-order valence-corrected chi connectivity index (χ2v) is 5.23. The van der Waals surface area contributed by atoms with E-state index in [4.69, 9.17) is 0 Å². The summed E-state index contributed by atoms with van der Waals surface area (Å²) >= 11 is 1.28. The van der Waals surface area contributed by atoms with Crippen LogP contribution in [0, 0.1) is 0 Å². The fourth-order valence-electron chi connectivity index (χ4n) is 1.83. The predicted molar refractivity (Wildman–Crippen MR) is 69.3 cm³/mol. The van der Waals surface area contributed by atoms with Crippen molar-refractivity contribution in [1.82, 2.24) is 9.88 Å². The van der Waals surface area contributed by atoms with Gasteiger partial charge in [-0.25, -0.2) is 0 Å². The largest absolute Gasteiger partial charge is 0.312 e. The monoisotopic (exact) mass is 236 g/mol. The second kappa shape index (κ2) is 4.80. The van der Waals surface area contributed by atoms with Crippen LogP contribution in [0.3, 0.4) is 0 Å². The van der Waals surface area contributed by atoms with Gasteiger partial charge >= 0.3 is 4.87 Å². The standard InChI is InChI=1S/C12H16N2OS/c1-14(2)8-4-6-9-5-3-7-10-11(9)13-12(15)16-10/h3,5,7H,4,6,8H2,1-2H3,(H,13,15). The molecule has 0 aliphatic carbocycles. The highest BCUT2D eigenvalue weighted by Gasteiger charge is 2.04. The average Bonchev–Trinajstić information content (AvgIpc) is 2.58. The van der Waals surface area contributed by atoms with Crippen LogP contribution in [-0.2, 0) is 6.42 Å². The number of aromatic amines is 1. The molecule has 0 amide bonds. The van der Waals surface area contributed by atoms with Gasteiger partial charge in [-0.15, -0.1) is 0 Å². The van der Waals surface area contributed by atoms with Crippen LogP contribution >= 0.6 is 11.3 Å². The molecule has 16 heavy (non-hydrogen) atoms. The summed E-state index contributed by atoms with van der Waals surface area (Å²) in [6.07, 6.45) is 2.13. The predicted octanol–water partition coefficient (Wildman–Crippen LogP) is 2.08. The number of aromatic nitrogens is 1. The maximum atomic E-state index is 11.3. The number of hydrogen-bond donors (Lipinski definition) is 1. The average molecular weight is 236 g/mol. The van der Waals surface area contributed by atoms with Gasteiger partial charge in [0, 0.05) is 0 Å². The zero-order valence-corrected chi connectivity index (χ0v) is 10.4. The lowest BCUT2D eigenvalue weighted by Gasteiger charge is -2.09. The molecule has 86 valence electrons. The quantitative estimate of drug-likeness (QED) is 0.882. The van der Waals surface area contributed by atoms with E-state index in [-0.39, 0.29) is 4.87 Å². The summed E-state index contributed by atoms with van der Waals surface area (Å²) in [4.78, 5) is 16.4. The van der Waals surface area contributed by atoms with Crippen LogP contribution in [0.5, 0.6) is 0 Å². The van der Waals surface area contributed by atoms with E-state index in [0.29, 0.717) is 0 Å². The van der Waals surface area contributed by atoms with Gasteiger partial charge in [-0.05, 0) is 45.1 Å². The molecule has 4 heteroatoms. The molecule has 0 aliphatic rings. The fourth-order valence-corrected chi connectivity index (χ4v) is 2.61. The Balaban J connectivity index is 2.20. The summed E-state index contributed by atoms with van der Waals surface area (Å²) in [5.41, 5.74) is 2.27. The Kier molecular flexibility index (Phi) is 3.41. The van der Waals surface area contributed by atoms with Crippen molar-refractivity contribution in [1.29, 1.82) is 0 Å². The van der Waals surface area contributed by atoms with Gasteiger partial charge in [0.15, 0.2) is 0 Å². The number of aryl methyl sites for hydroxylation is 1. The number of para-hydroxylation sites is 1. The molecule has 1 aromatic carbocycles. The van der Waals surface area contributed by atoms with Gasteiger partial charge in [0.2, 0.25) is 0 Å². The topological polar surface area (TPSA) is 36.1 Å². The Labute approximate surface area is 98.7 Å². The van der Waals surface area contributed by atoms with Crippen LogP contribution in [0.15, 0.2) is 23.0 Å². The van der Waals surface area contributed by atoms with Gasteiger partial charge in [0.1, 0.15) is 0 Å². The van der Waals surface area contributed by atoms with E-state index in [9.17, 15) is 4.79 Å². The van der Waals surface area contributed by atoms with Gasteiger partial charge in [-0.2, -0.15) is 0 Å². The lowest BCUT2D eigenvalue weighted by Crippen LogP contribution is -2.13. The summed E-state index contributed by atoms with van der Waals surface area (Å²) in [5.74, 6) is 0. The maximum Gasteiger partial charge on any atom is 0.305 e. The summed E-state index contributed by atoms with van der Waals surface area (Å²) in [5, 5.41) is 0. The Morgan fingerprint density at radius 2 is 2.19 bits per heavy atom. The first-order valence-electron chi connectivity index (χ1n) is 5.42. The number of nitrogens with zero attached hydrogens (tertiary/aromatic N) is 1. The number of benzene rings is 1. The first-order valence-corrected chi connectivity index (χ1v) is 6.24. The molecule has 0 bridgehead atoms. The summed E-state index contributed by atoms with van der Waals surface area (Å²) in [6.45, 7) is 1.07. The Morgan fingerprint density at radius 1 is 1.38 bits per heavy atom. The fraction of sp³-hybridized carbons (Fsp3) is 0.417. The molecule has 2 rings (SSSR count). The Hall–Kier alpha value is -1.13. The smallest absolute Gasteiger partial charge is 0.305 e. The normalized spacial score (nSPS) is 11.4. The number of thiazole rings is 1. The molecule has 0 saturated carbocycles. The van der Waals surface area contributed by atoms with Crippen molar-refractivity contribution in [3.8, 4) is 0 Å². The van der Waals surface area contributed by atoms with Gasteiger partial charge < -0.3 is 9.88 Å². The molecule has 0 spiro atoms. The SMILES string of the molecule is CN(C)CCCc1cccc2sc(=O)[nH]c12. The van der Waals surface area contributed by atoms with E-state index in [1.54, 1.807) is 0 Å². The van der Waals surface area contributed by atoms with Crippen molar-refractivity contribution < 1.29 is 0 Å². The molecular weight excluding hydrogens is 220 g/mol. The number of rotatable bonds is 4. The third-order valence-electron chi connectivity index (χ3n) is 2.59. The minimum Gasteiger partial charge on any atom is -0.312 e. The molecule has 0 unspecified atom stereocenters. The molecule has 3 nitrogen and oxygen atoms in total. The van der Waals surface area contributed by atoms with E-state index in [0.717, 1.165) is 29.6 Å². The van der Waals surface area contributed by atoms with Crippen molar-refractivity contribution in [2.24, 2.45) is 0 Å². The van der Waals surface area contributed by atoms with Crippen molar-refractivity contribution in [2.75, 3.05) is 20.6 Å². The lowest BCUT2D eigenvalue weighted by molar-refractivity contribution is 0.400. The first-order chi connectivity index (χ1) is 7.66. The summed E-state index contributed by atoms with van der Waals surface area (Å²) in [7, 11) is 4.15. The van der Waals surface area contributed by atoms with Gasteiger partial charge in [0.05, 0.1) is 10.2 Å². The Bertz CT molecular complexity index is 527. The van der Waals surface area contributed by atoms with Crippen LogP contribution in [-0.4, -0.2) is 30.5 Å². The van der Waals surface area contributed by atoms with Crippen LogP contribution in [0.4, 0.5) is 0 Å². The molecule has 1 N–H and O–H groups in total. The van der Waals surface area contributed by atoms with Crippen LogP contribution in [0.1, 0.15) is 12.0 Å². The summed E-state index contributed by atoms with van der Waals surface area (Å²) < 4.78 is 1.06. The van der Waals surface area contributed by atoms with E-state index in [2.05, 4.69) is 30.0 Å². The van der Waals surface area contributed by atoms with Gasteiger partial charge in [-0.1, -0.05) is 23.5 Å². The first kappa shape index (κ1) is 11.4. The van der Waals surface area contributed by atoms with Crippen molar-refractivity contribution in [2.45, 2.75) is 12.8 Å². The highest BCUT2D eigenvalue weighted by molar-refractivity contribution is 7.16. The molecule has 0 saturated heterocycles. The van der Waals surface area contributed by atoms with Crippen LogP contribution < -0.4 is 4.87 Å². The van der Waals surface area contributed by atoms with E-state index < -0.39 is 0 Å². The molecule has 1 aromatic heterocycles. The zero-order valence-electron chi connectivity index (χ0n) is 9.62. The molecule has 0 atom stereocenters. The minimum absolute atomic E-state index is 0.0371. The maximum absolute atomic E-state index is 11.3. The summed E-state index contributed by atoms with van der Waals surface area (Å²) in [6, 6.07) is 6.12. The van der Waals surface area contributed by atoms with Crippen molar-refractivity contribution in [3.63, 3.8) is 0 Å². The van der Waals surface area contributed by atoms with Crippen LogP contribution in [0.25, 0.3) is 10.2 Å². The molecule has 2 aromatic rings. The van der Waals surface area contributed by atoms with E-state index >= 15 is 0 Å². The molecule has 0 aliphatic heterocycles. The highest BCUT2D eigenvalue weighted by atomic mass is 32.1. The minimum atomic E-state index is 0.0371. The molecular formula is C12H16N2OS. The van der Waals surface area contributed by atoms with Crippen molar-refractivity contribution >= 4 is 21.6 Å². The second-order valence-electron chi connectivity index (χ2n) is 4.21. The van der Waals surface area contributed by atoms with Crippen LogP contribution in [0.2, 0.25) is 0 Å². The zero-order chi connectivity index (χ0) is 11.5. The third-order valence-corrected chi connectivity index (χ3v) is 3.44. The third kappa shape index (κ3) is 2.51. The number of nitrogens with one attached hydrogen (secondary N) is 1. The lowest BCUT2D eigenvalue weighted by atomic mass is 10.1. The molecule has 0 radical (unpaired) electrons. The Morgan fingerprint density at radius 3 is 2.94 bits per heavy atom. The van der Waals surface area contributed by atoms with E-state index in [1.165, 1.54) is 16.9 Å². The number of fused-ring (bicyclic) bond motifs is 1. The van der Waals surface area contributed by atoms with Gasteiger partial charge in [0.25, 0.3) is 0 Å². The van der Waals surface area contributed by atoms with Crippen molar-refractivity contribution in [3.05, 3.63) is 33.4 Å². The molecule has 1 heterocycles. The van der Waals surface area contributed by atoms with Gasteiger partial charge in [-0.3, -0.25) is 4.79 Å².